The van der Waals surface area contributed by atoms with Gasteiger partial charge in [-0.2, -0.15) is 0 Å². The van der Waals surface area contributed by atoms with Gasteiger partial charge in [-0.1, -0.05) is 23.7 Å². The van der Waals surface area contributed by atoms with Crippen LogP contribution in [0.4, 0.5) is 17.2 Å². The van der Waals surface area contributed by atoms with E-state index in [1.165, 1.54) is 13.2 Å². The van der Waals surface area contributed by atoms with Crippen LogP contribution in [0.15, 0.2) is 54.6 Å². The van der Waals surface area contributed by atoms with Crippen LogP contribution < -0.4 is 10.6 Å². The molecule has 2 aromatic carbocycles. The van der Waals surface area contributed by atoms with Gasteiger partial charge in [0.05, 0.1) is 23.4 Å². The highest BCUT2D eigenvalue weighted by molar-refractivity contribution is 6.33. The van der Waals surface area contributed by atoms with Crippen LogP contribution in [0, 0.1) is 6.92 Å². The lowest BCUT2D eigenvalue weighted by atomic mass is 10.2. The highest BCUT2D eigenvalue weighted by Gasteiger charge is 2.12. The van der Waals surface area contributed by atoms with Crippen LogP contribution in [0.3, 0.4) is 0 Å². The number of esters is 1. The number of benzene rings is 2. The number of aromatic nitrogens is 2. The standard InChI is InChI=1S/C20H17ClN4O3/c1-12-22-17(11-18(23-12)25-16-6-4-3-5-15(16)21)19(26)24-14-9-7-13(8-10-14)20(27)28-2/h3-11H,1-2H3,(H,24,26)(H,22,23,25). The van der Waals surface area contributed by atoms with E-state index in [1.54, 1.807) is 37.3 Å². The second-order valence-electron chi connectivity index (χ2n) is 5.81. The lowest BCUT2D eigenvalue weighted by Crippen LogP contribution is -2.15. The van der Waals surface area contributed by atoms with E-state index in [1.807, 2.05) is 18.2 Å². The molecule has 0 radical (unpaired) electrons. The Labute approximate surface area is 166 Å². The molecule has 1 heterocycles. The first-order valence-corrected chi connectivity index (χ1v) is 8.71. The number of nitrogens with zero attached hydrogens (tertiary/aromatic N) is 2. The van der Waals surface area contributed by atoms with Crippen LogP contribution in [0.2, 0.25) is 5.02 Å². The Hall–Kier alpha value is -3.45. The van der Waals surface area contributed by atoms with Crippen molar-refractivity contribution in [2.75, 3.05) is 17.7 Å². The molecule has 0 saturated carbocycles. The molecule has 0 bridgehead atoms. The molecule has 1 amide bonds. The van der Waals surface area contributed by atoms with Crippen LogP contribution in [0.25, 0.3) is 0 Å². The molecule has 7 nitrogen and oxygen atoms in total. The Morgan fingerprint density at radius 3 is 2.43 bits per heavy atom. The number of halogens is 1. The third kappa shape index (κ3) is 4.63. The smallest absolute Gasteiger partial charge is 0.337 e. The average molecular weight is 397 g/mol. The summed E-state index contributed by atoms with van der Waals surface area (Å²) < 4.78 is 4.65. The molecule has 28 heavy (non-hydrogen) atoms. The largest absolute Gasteiger partial charge is 0.465 e. The third-order valence-electron chi connectivity index (χ3n) is 3.77. The lowest BCUT2D eigenvalue weighted by molar-refractivity contribution is 0.0600. The Morgan fingerprint density at radius 2 is 1.75 bits per heavy atom. The van der Waals surface area contributed by atoms with Gasteiger partial charge in [-0.15, -0.1) is 0 Å². The number of hydrogen-bond donors (Lipinski definition) is 2. The van der Waals surface area contributed by atoms with Gasteiger partial charge in [-0.25, -0.2) is 14.8 Å². The van der Waals surface area contributed by atoms with Gasteiger partial charge in [0.2, 0.25) is 0 Å². The second kappa shape index (κ2) is 8.49. The van der Waals surface area contributed by atoms with Crippen LogP contribution >= 0.6 is 11.6 Å². The quantitative estimate of drug-likeness (QED) is 0.627. The van der Waals surface area contributed by atoms with Gasteiger partial charge < -0.3 is 15.4 Å². The van der Waals surface area contributed by atoms with Gasteiger partial charge in [0, 0.05) is 11.8 Å². The van der Waals surface area contributed by atoms with Gasteiger partial charge in [0.1, 0.15) is 17.3 Å². The predicted molar refractivity (Wildman–Crippen MR) is 107 cm³/mol. The number of methoxy groups -OCH3 is 1. The number of nitrogens with one attached hydrogen (secondary N) is 2. The van der Waals surface area contributed by atoms with Crippen molar-refractivity contribution in [1.29, 1.82) is 0 Å². The van der Waals surface area contributed by atoms with Crippen LogP contribution in [0.5, 0.6) is 0 Å². The normalized spacial score (nSPS) is 10.2. The molecular formula is C20H17ClN4O3. The fraction of sp³-hybridized carbons (Fsp3) is 0.100. The zero-order valence-electron chi connectivity index (χ0n) is 15.2. The fourth-order valence-corrected chi connectivity index (χ4v) is 2.63. The van der Waals surface area contributed by atoms with E-state index in [0.29, 0.717) is 33.6 Å². The SMILES string of the molecule is COC(=O)c1ccc(NC(=O)c2cc(Nc3ccccc3Cl)nc(C)n2)cc1. The summed E-state index contributed by atoms with van der Waals surface area (Å²) in [6.07, 6.45) is 0. The molecule has 3 rings (SSSR count). The monoisotopic (exact) mass is 396 g/mol. The lowest BCUT2D eigenvalue weighted by Gasteiger charge is -2.10. The summed E-state index contributed by atoms with van der Waals surface area (Å²) in [6, 6.07) is 15.1. The summed E-state index contributed by atoms with van der Waals surface area (Å²) in [5.74, 6) is 0.0353. The second-order valence-corrected chi connectivity index (χ2v) is 6.22. The van der Waals surface area contributed by atoms with Crippen molar-refractivity contribution < 1.29 is 14.3 Å². The zero-order chi connectivity index (χ0) is 20.1. The number of anilines is 3. The summed E-state index contributed by atoms with van der Waals surface area (Å²) >= 11 is 6.15. The van der Waals surface area contributed by atoms with E-state index < -0.39 is 11.9 Å². The molecule has 0 spiro atoms. The highest BCUT2D eigenvalue weighted by Crippen LogP contribution is 2.24. The number of ether oxygens (including phenoxy) is 1. The number of hydrogen-bond acceptors (Lipinski definition) is 6. The summed E-state index contributed by atoms with van der Waals surface area (Å²) in [7, 11) is 1.31. The van der Waals surface area contributed by atoms with Crippen LogP contribution in [-0.2, 0) is 4.74 Å². The molecule has 0 saturated heterocycles. The Bertz CT molecular complexity index is 1020. The Morgan fingerprint density at radius 1 is 1.04 bits per heavy atom. The van der Waals surface area contributed by atoms with Crippen molar-refractivity contribution in [1.82, 2.24) is 9.97 Å². The zero-order valence-corrected chi connectivity index (χ0v) is 15.9. The number of carbonyl (C=O) groups is 2. The number of para-hydroxylation sites is 1. The third-order valence-corrected chi connectivity index (χ3v) is 4.10. The van der Waals surface area contributed by atoms with Crippen molar-refractivity contribution in [3.05, 3.63) is 76.7 Å². The Balaban J connectivity index is 1.77. The van der Waals surface area contributed by atoms with Crippen molar-refractivity contribution >= 4 is 40.7 Å². The number of carbonyl (C=O) groups excluding carboxylic acids is 2. The maximum absolute atomic E-state index is 12.6. The molecule has 8 heteroatoms. The molecular weight excluding hydrogens is 380 g/mol. The highest BCUT2D eigenvalue weighted by atomic mass is 35.5. The molecule has 142 valence electrons. The van der Waals surface area contributed by atoms with Crippen LogP contribution in [0.1, 0.15) is 26.7 Å². The number of amides is 1. The van der Waals surface area contributed by atoms with Crippen LogP contribution in [-0.4, -0.2) is 29.0 Å². The molecule has 3 aromatic rings. The average Bonchev–Trinajstić information content (AvgIpc) is 2.69. The van der Waals surface area contributed by atoms with E-state index in [-0.39, 0.29) is 5.69 Å². The van der Waals surface area contributed by atoms with Gasteiger partial charge >= 0.3 is 5.97 Å². The Kier molecular flexibility index (Phi) is 5.86. The molecule has 2 N–H and O–H groups in total. The van der Waals surface area contributed by atoms with Crippen molar-refractivity contribution in [3.63, 3.8) is 0 Å². The number of aryl methyl sites for hydroxylation is 1. The van der Waals surface area contributed by atoms with E-state index in [4.69, 9.17) is 11.6 Å². The topological polar surface area (TPSA) is 93.2 Å². The molecule has 0 unspecified atom stereocenters. The minimum absolute atomic E-state index is 0.194. The summed E-state index contributed by atoms with van der Waals surface area (Å²) in [4.78, 5) is 32.5. The molecule has 0 aliphatic heterocycles. The predicted octanol–water partition coefficient (Wildman–Crippen LogP) is 4.22. The van der Waals surface area contributed by atoms with Crippen molar-refractivity contribution in [2.45, 2.75) is 6.92 Å². The first kappa shape index (κ1) is 19.3. The first-order valence-electron chi connectivity index (χ1n) is 8.33. The summed E-state index contributed by atoms with van der Waals surface area (Å²) in [6.45, 7) is 1.69. The summed E-state index contributed by atoms with van der Waals surface area (Å²) in [5, 5.41) is 6.36. The van der Waals surface area contributed by atoms with Gasteiger partial charge in [-0.3, -0.25) is 4.79 Å². The molecule has 0 aliphatic rings. The first-order chi connectivity index (χ1) is 13.5. The van der Waals surface area contributed by atoms with Gasteiger partial charge in [0.25, 0.3) is 5.91 Å². The maximum atomic E-state index is 12.6. The molecule has 1 aromatic heterocycles. The minimum Gasteiger partial charge on any atom is -0.465 e. The van der Waals surface area contributed by atoms with Crippen molar-refractivity contribution in [3.8, 4) is 0 Å². The van der Waals surface area contributed by atoms with E-state index >= 15 is 0 Å². The minimum atomic E-state index is -0.445. The van der Waals surface area contributed by atoms with E-state index in [9.17, 15) is 9.59 Å². The molecule has 0 atom stereocenters. The maximum Gasteiger partial charge on any atom is 0.337 e. The van der Waals surface area contributed by atoms with E-state index in [2.05, 4.69) is 25.3 Å². The fourth-order valence-electron chi connectivity index (χ4n) is 2.45. The van der Waals surface area contributed by atoms with Gasteiger partial charge in [-0.05, 0) is 43.3 Å². The van der Waals surface area contributed by atoms with E-state index in [0.717, 1.165) is 0 Å². The molecule has 0 aliphatic carbocycles. The summed E-state index contributed by atoms with van der Waals surface area (Å²) in [5.41, 5.74) is 1.78. The van der Waals surface area contributed by atoms with Crippen molar-refractivity contribution in [2.24, 2.45) is 0 Å². The number of rotatable bonds is 5. The van der Waals surface area contributed by atoms with Gasteiger partial charge in [0.15, 0.2) is 0 Å². The molecule has 0 fully saturated rings.